The van der Waals surface area contributed by atoms with E-state index in [0.29, 0.717) is 25.6 Å². The van der Waals surface area contributed by atoms with Crippen LogP contribution in [0.25, 0.3) is 0 Å². The third-order valence-corrected chi connectivity index (χ3v) is 3.64. The van der Waals surface area contributed by atoms with Gasteiger partial charge in [0.15, 0.2) is 0 Å². The molecule has 0 N–H and O–H groups in total. The van der Waals surface area contributed by atoms with E-state index in [2.05, 4.69) is 0 Å². The Kier molecular flexibility index (Phi) is 4.77. The molecule has 1 fully saturated rings. The number of para-hydroxylation sites is 1. The molecule has 0 aliphatic heterocycles. The average molecular weight is 274 g/mol. The van der Waals surface area contributed by atoms with Crippen molar-refractivity contribution in [2.75, 3.05) is 18.0 Å². The van der Waals surface area contributed by atoms with Crippen molar-refractivity contribution in [3.05, 3.63) is 30.3 Å². The van der Waals surface area contributed by atoms with Crippen molar-refractivity contribution in [2.24, 2.45) is 0 Å². The van der Waals surface area contributed by atoms with Gasteiger partial charge >= 0.3 is 0 Å². The Labute approximate surface area is 120 Å². The van der Waals surface area contributed by atoms with Gasteiger partial charge in [0.1, 0.15) is 0 Å². The number of hydrogen-bond donors (Lipinski definition) is 0. The summed E-state index contributed by atoms with van der Waals surface area (Å²) >= 11 is 0. The number of anilines is 1. The number of nitrogens with zero attached hydrogens (tertiary/aromatic N) is 2. The van der Waals surface area contributed by atoms with E-state index in [4.69, 9.17) is 0 Å². The van der Waals surface area contributed by atoms with E-state index >= 15 is 0 Å². The molecule has 1 aromatic carbocycles. The number of carbonyl (C=O) groups is 2. The van der Waals surface area contributed by atoms with Crippen LogP contribution in [-0.4, -0.2) is 35.8 Å². The Balaban J connectivity index is 1.94. The molecule has 1 aliphatic carbocycles. The molecule has 108 valence electrons. The lowest BCUT2D eigenvalue weighted by Crippen LogP contribution is -2.37. The molecule has 0 spiro atoms. The molecule has 4 nitrogen and oxygen atoms in total. The van der Waals surface area contributed by atoms with Crippen LogP contribution >= 0.6 is 0 Å². The van der Waals surface area contributed by atoms with E-state index in [9.17, 15) is 9.59 Å². The largest absolute Gasteiger partial charge is 0.339 e. The summed E-state index contributed by atoms with van der Waals surface area (Å²) in [6.45, 7) is 4.72. The Bertz CT molecular complexity index is 469. The summed E-state index contributed by atoms with van der Waals surface area (Å²) < 4.78 is 0. The van der Waals surface area contributed by atoms with Gasteiger partial charge in [0.2, 0.25) is 11.8 Å². The summed E-state index contributed by atoms with van der Waals surface area (Å²) in [5, 5.41) is 0. The number of hydrogen-bond acceptors (Lipinski definition) is 2. The van der Waals surface area contributed by atoms with Crippen LogP contribution in [-0.2, 0) is 9.59 Å². The van der Waals surface area contributed by atoms with Crippen molar-refractivity contribution in [3.63, 3.8) is 0 Å². The first-order valence-electron chi connectivity index (χ1n) is 7.26. The number of rotatable bonds is 6. The highest BCUT2D eigenvalue weighted by atomic mass is 16.2. The maximum atomic E-state index is 12.3. The van der Waals surface area contributed by atoms with Crippen LogP contribution in [0, 0.1) is 0 Å². The molecule has 0 aromatic heterocycles. The van der Waals surface area contributed by atoms with Crippen LogP contribution in [0.15, 0.2) is 30.3 Å². The molecule has 2 rings (SSSR count). The van der Waals surface area contributed by atoms with Crippen molar-refractivity contribution < 1.29 is 9.59 Å². The fourth-order valence-electron chi connectivity index (χ4n) is 2.45. The van der Waals surface area contributed by atoms with Crippen LogP contribution in [0.4, 0.5) is 5.69 Å². The molecule has 0 atom stereocenters. The van der Waals surface area contributed by atoms with Gasteiger partial charge < -0.3 is 9.80 Å². The van der Waals surface area contributed by atoms with Gasteiger partial charge in [-0.05, 0) is 31.9 Å². The monoisotopic (exact) mass is 274 g/mol. The molecule has 1 saturated carbocycles. The lowest BCUT2D eigenvalue weighted by atomic mass is 10.2. The van der Waals surface area contributed by atoms with Gasteiger partial charge in [0, 0.05) is 38.2 Å². The zero-order valence-corrected chi connectivity index (χ0v) is 12.2. The van der Waals surface area contributed by atoms with Gasteiger partial charge in [0.05, 0.1) is 0 Å². The van der Waals surface area contributed by atoms with E-state index in [-0.39, 0.29) is 11.8 Å². The first-order valence-corrected chi connectivity index (χ1v) is 7.26. The molecule has 4 heteroatoms. The second-order valence-electron chi connectivity index (χ2n) is 5.17. The van der Waals surface area contributed by atoms with Gasteiger partial charge in [-0.25, -0.2) is 0 Å². The number of amides is 2. The van der Waals surface area contributed by atoms with Crippen LogP contribution < -0.4 is 4.90 Å². The predicted molar refractivity (Wildman–Crippen MR) is 79.5 cm³/mol. The summed E-state index contributed by atoms with van der Waals surface area (Å²) in [7, 11) is 0. The van der Waals surface area contributed by atoms with E-state index in [0.717, 1.165) is 18.5 Å². The van der Waals surface area contributed by atoms with Crippen molar-refractivity contribution >= 4 is 17.5 Å². The first kappa shape index (κ1) is 14.6. The molecule has 0 unspecified atom stereocenters. The second kappa shape index (κ2) is 6.55. The van der Waals surface area contributed by atoms with Crippen LogP contribution in [0.3, 0.4) is 0 Å². The second-order valence-corrected chi connectivity index (χ2v) is 5.17. The van der Waals surface area contributed by atoms with Crippen molar-refractivity contribution in [1.29, 1.82) is 0 Å². The maximum absolute atomic E-state index is 12.3. The highest BCUT2D eigenvalue weighted by Gasteiger charge is 2.31. The molecule has 1 aromatic rings. The zero-order chi connectivity index (χ0) is 14.5. The van der Waals surface area contributed by atoms with Gasteiger partial charge in [-0.1, -0.05) is 18.2 Å². The smallest absolute Gasteiger partial charge is 0.228 e. The number of benzene rings is 1. The molecular weight excluding hydrogens is 252 g/mol. The quantitative estimate of drug-likeness (QED) is 0.799. The van der Waals surface area contributed by atoms with Crippen LogP contribution in [0.5, 0.6) is 0 Å². The van der Waals surface area contributed by atoms with E-state index in [1.807, 2.05) is 42.2 Å². The van der Waals surface area contributed by atoms with E-state index in [1.165, 1.54) is 0 Å². The highest BCUT2D eigenvalue weighted by Crippen LogP contribution is 2.27. The topological polar surface area (TPSA) is 40.6 Å². The SMILES string of the molecule is CCN(C(=O)CCN(C(C)=O)C1CC1)c1ccccc1. The lowest BCUT2D eigenvalue weighted by Gasteiger charge is -2.24. The molecule has 0 saturated heterocycles. The summed E-state index contributed by atoms with van der Waals surface area (Å²) in [5.41, 5.74) is 0.917. The highest BCUT2D eigenvalue weighted by molar-refractivity contribution is 5.93. The van der Waals surface area contributed by atoms with E-state index in [1.54, 1.807) is 11.8 Å². The van der Waals surface area contributed by atoms with Crippen molar-refractivity contribution in [1.82, 2.24) is 4.90 Å². The van der Waals surface area contributed by atoms with E-state index < -0.39 is 0 Å². The standard InChI is InChI=1S/C16H22N2O2/c1-3-17(14-7-5-4-6-8-14)16(20)11-12-18(13(2)19)15-9-10-15/h4-8,15H,3,9-12H2,1-2H3. The zero-order valence-electron chi connectivity index (χ0n) is 12.2. The molecule has 0 bridgehead atoms. The van der Waals surface area contributed by atoms with Crippen LogP contribution in [0.1, 0.15) is 33.1 Å². The van der Waals surface area contributed by atoms with Gasteiger partial charge in [-0.15, -0.1) is 0 Å². The Hall–Kier alpha value is -1.84. The minimum atomic E-state index is 0.0723. The minimum Gasteiger partial charge on any atom is -0.339 e. The van der Waals surface area contributed by atoms with Crippen molar-refractivity contribution in [2.45, 2.75) is 39.2 Å². The first-order chi connectivity index (χ1) is 9.63. The predicted octanol–water partition coefficient (Wildman–Crippen LogP) is 2.44. The van der Waals surface area contributed by atoms with Gasteiger partial charge in [-0.2, -0.15) is 0 Å². The third-order valence-electron chi connectivity index (χ3n) is 3.64. The number of carbonyl (C=O) groups excluding carboxylic acids is 2. The fourth-order valence-corrected chi connectivity index (χ4v) is 2.45. The Morgan fingerprint density at radius 2 is 1.85 bits per heavy atom. The molecule has 0 radical (unpaired) electrons. The molecular formula is C16H22N2O2. The summed E-state index contributed by atoms with van der Waals surface area (Å²) in [6.07, 6.45) is 2.53. The third kappa shape index (κ3) is 3.59. The van der Waals surface area contributed by atoms with Gasteiger partial charge in [0.25, 0.3) is 0 Å². The minimum absolute atomic E-state index is 0.0723. The summed E-state index contributed by atoms with van der Waals surface area (Å²) in [5.74, 6) is 0.147. The maximum Gasteiger partial charge on any atom is 0.228 e. The molecule has 2 amide bonds. The summed E-state index contributed by atoms with van der Waals surface area (Å²) in [6, 6.07) is 10.0. The van der Waals surface area contributed by atoms with Crippen molar-refractivity contribution in [3.8, 4) is 0 Å². The van der Waals surface area contributed by atoms with Crippen LogP contribution in [0.2, 0.25) is 0 Å². The Morgan fingerprint density at radius 3 is 2.35 bits per heavy atom. The summed E-state index contributed by atoms with van der Waals surface area (Å²) in [4.78, 5) is 27.5. The normalized spacial score (nSPS) is 13.9. The molecule has 20 heavy (non-hydrogen) atoms. The average Bonchev–Trinajstić information content (AvgIpc) is 3.25. The Morgan fingerprint density at radius 1 is 1.20 bits per heavy atom. The fraction of sp³-hybridized carbons (Fsp3) is 0.500. The molecule has 0 heterocycles. The molecule has 1 aliphatic rings. The lowest BCUT2D eigenvalue weighted by molar-refractivity contribution is -0.130. The van der Waals surface area contributed by atoms with Gasteiger partial charge in [-0.3, -0.25) is 9.59 Å².